The van der Waals surface area contributed by atoms with Crippen LogP contribution in [0, 0.1) is 5.82 Å². The zero-order valence-corrected chi connectivity index (χ0v) is 14.5. The molecule has 2 heterocycles. The molecule has 0 fully saturated rings. The summed E-state index contributed by atoms with van der Waals surface area (Å²) in [7, 11) is 0. The molecular weight excluding hydrogens is 333 g/mol. The van der Waals surface area contributed by atoms with Crippen LogP contribution in [0.2, 0.25) is 0 Å². The Morgan fingerprint density at radius 3 is 2.77 bits per heavy atom. The van der Waals surface area contributed by atoms with E-state index in [9.17, 15) is 14.3 Å². The van der Waals surface area contributed by atoms with E-state index in [0.29, 0.717) is 22.6 Å². The molecule has 0 atom stereocenters. The van der Waals surface area contributed by atoms with Crippen molar-refractivity contribution in [3.63, 3.8) is 0 Å². The van der Waals surface area contributed by atoms with Gasteiger partial charge in [-0.05, 0) is 55.3 Å². The minimum atomic E-state index is -0.639. The fourth-order valence-electron chi connectivity index (χ4n) is 3.45. The van der Waals surface area contributed by atoms with Crippen molar-refractivity contribution in [1.29, 1.82) is 0 Å². The molecule has 2 N–H and O–H groups in total. The standard InChI is InChI=1S/C21H18FNO3/c1-21(2)16(13-5-3-4-12(8-13)11-24)10-18(26-21)19-15-7-6-14(22)9-17(15)23-20(19)25/h3-10,24H,11H2,1-2H3,(H,23,25)/b19-18+. The third kappa shape index (κ3) is 2.61. The number of carbonyl (C=O) groups excluding carboxylic acids is 1. The molecule has 1 amide bonds. The van der Waals surface area contributed by atoms with Crippen LogP contribution in [-0.4, -0.2) is 16.6 Å². The van der Waals surface area contributed by atoms with Crippen LogP contribution in [0.1, 0.15) is 30.5 Å². The molecule has 26 heavy (non-hydrogen) atoms. The van der Waals surface area contributed by atoms with Crippen molar-refractivity contribution in [1.82, 2.24) is 0 Å². The van der Waals surface area contributed by atoms with E-state index in [-0.39, 0.29) is 12.5 Å². The van der Waals surface area contributed by atoms with E-state index in [2.05, 4.69) is 5.32 Å². The first kappa shape index (κ1) is 16.5. The second-order valence-corrected chi connectivity index (χ2v) is 6.91. The van der Waals surface area contributed by atoms with E-state index < -0.39 is 11.4 Å². The Kier molecular flexibility index (Phi) is 3.70. The lowest BCUT2D eigenvalue weighted by Crippen LogP contribution is -2.21. The first-order chi connectivity index (χ1) is 12.4. The van der Waals surface area contributed by atoms with Crippen molar-refractivity contribution in [3.8, 4) is 0 Å². The summed E-state index contributed by atoms with van der Waals surface area (Å²) in [5, 5.41) is 12.1. The Morgan fingerprint density at radius 1 is 1.19 bits per heavy atom. The lowest BCUT2D eigenvalue weighted by molar-refractivity contribution is -0.111. The molecule has 2 aromatic carbocycles. The van der Waals surface area contributed by atoms with Crippen molar-refractivity contribution < 1.29 is 19.0 Å². The molecule has 0 radical (unpaired) electrons. The number of hydrogen-bond donors (Lipinski definition) is 2. The monoisotopic (exact) mass is 351 g/mol. The summed E-state index contributed by atoms with van der Waals surface area (Å²) in [6.07, 6.45) is 1.85. The molecule has 0 unspecified atom stereocenters. The molecule has 0 aliphatic carbocycles. The van der Waals surface area contributed by atoms with E-state index in [1.165, 1.54) is 12.1 Å². The molecule has 0 spiro atoms. The number of ether oxygens (including phenoxy) is 1. The maximum absolute atomic E-state index is 13.4. The molecule has 2 aliphatic heterocycles. The maximum atomic E-state index is 13.4. The predicted octanol–water partition coefficient (Wildman–Crippen LogP) is 3.87. The first-order valence-electron chi connectivity index (χ1n) is 8.36. The number of rotatable bonds is 2. The van der Waals surface area contributed by atoms with Crippen molar-refractivity contribution >= 4 is 22.7 Å². The largest absolute Gasteiger partial charge is 0.482 e. The average Bonchev–Trinajstić information content (AvgIpc) is 3.09. The number of amides is 1. The summed E-state index contributed by atoms with van der Waals surface area (Å²) in [6.45, 7) is 3.81. The van der Waals surface area contributed by atoms with Gasteiger partial charge in [0, 0.05) is 11.1 Å². The van der Waals surface area contributed by atoms with Gasteiger partial charge in [-0.15, -0.1) is 0 Å². The van der Waals surface area contributed by atoms with Crippen LogP contribution in [0.5, 0.6) is 0 Å². The summed E-state index contributed by atoms with van der Waals surface area (Å²) in [6, 6.07) is 11.8. The zero-order valence-electron chi connectivity index (χ0n) is 14.5. The van der Waals surface area contributed by atoms with Crippen LogP contribution in [0.4, 0.5) is 10.1 Å². The number of aliphatic hydroxyl groups is 1. The lowest BCUT2D eigenvalue weighted by atomic mass is 9.91. The van der Waals surface area contributed by atoms with Gasteiger partial charge in [-0.1, -0.05) is 18.2 Å². The van der Waals surface area contributed by atoms with E-state index >= 15 is 0 Å². The highest BCUT2D eigenvalue weighted by Gasteiger charge is 2.38. The molecule has 4 nitrogen and oxygen atoms in total. The van der Waals surface area contributed by atoms with Gasteiger partial charge in [-0.25, -0.2) is 4.39 Å². The van der Waals surface area contributed by atoms with Crippen molar-refractivity contribution in [2.24, 2.45) is 0 Å². The van der Waals surface area contributed by atoms with Gasteiger partial charge >= 0.3 is 0 Å². The second-order valence-electron chi connectivity index (χ2n) is 6.91. The molecule has 4 rings (SSSR count). The summed E-state index contributed by atoms with van der Waals surface area (Å²) in [5.74, 6) is -0.250. The van der Waals surface area contributed by atoms with Gasteiger partial charge in [-0.3, -0.25) is 4.79 Å². The zero-order chi connectivity index (χ0) is 18.5. The summed E-state index contributed by atoms with van der Waals surface area (Å²) in [4.78, 5) is 12.5. The molecular formula is C21H18FNO3. The lowest BCUT2D eigenvalue weighted by Gasteiger charge is -2.23. The number of nitrogens with one attached hydrogen (secondary N) is 1. The quantitative estimate of drug-likeness (QED) is 0.808. The molecule has 2 aliphatic rings. The number of carbonyl (C=O) groups is 1. The summed E-state index contributed by atoms with van der Waals surface area (Å²) < 4.78 is 19.5. The number of benzene rings is 2. The van der Waals surface area contributed by atoms with Crippen LogP contribution < -0.4 is 5.32 Å². The van der Waals surface area contributed by atoms with Crippen LogP contribution in [0.25, 0.3) is 11.1 Å². The molecule has 5 heteroatoms. The Bertz CT molecular complexity index is 989. The number of halogens is 1. The summed E-state index contributed by atoms with van der Waals surface area (Å²) in [5.41, 5.74) is 3.49. The number of anilines is 1. The highest BCUT2D eigenvalue weighted by Crippen LogP contribution is 2.44. The molecule has 132 valence electrons. The van der Waals surface area contributed by atoms with Crippen LogP contribution in [0.3, 0.4) is 0 Å². The van der Waals surface area contributed by atoms with E-state index in [4.69, 9.17) is 4.74 Å². The number of fused-ring (bicyclic) bond motifs is 1. The Morgan fingerprint density at radius 2 is 2.00 bits per heavy atom. The fourth-order valence-corrected chi connectivity index (χ4v) is 3.45. The van der Waals surface area contributed by atoms with E-state index in [1.54, 1.807) is 6.07 Å². The Balaban J connectivity index is 1.86. The third-order valence-corrected chi connectivity index (χ3v) is 4.68. The van der Waals surface area contributed by atoms with Gasteiger partial charge in [0.25, 0.3) is 5.91 Å². The maximum Gasteiger partial charge on any atom is 0.260 e. The van der Waals surface area contributed by atoms with Crippen molar-refractivity contribution in [3.05, 3.63) is 76.8 Å². The topological polar surface area (TPSA) is 58.6 Å². The highest BCUT2D eigenvalue weighted by molar-refractivity contribution is 6.32. The van der Waals surface area contributed by atoms with Crippen molar-refractivity contribution in [2.45, 2.75) is 26.1 Å². The molecule has 2 aromatic rings. The average molecular weight is 351 g/mol. The smallest absolute Gasteiger partial charge is 0.260 e. The number of hydrogen-bond acceptors (Lipinski definition) is 3. The third-order valence-electron chi connectivity index (χ3n) is 4.68. The normalized spacial score (nSPS) is 20.5. The van der Waals surface area contributed by atoms with Gasteiger partial charge in [0.05, 0.1) is 17.9 Å². The van der Waals surface area contributed by atoms with Gasteiger partial charge in [0.1, 0.15) is 17.2 Å². The Hall–Kier alpha value is -2.92. The molecule has 0 aromatic heterocycles. The molecule has 0 saturated carbocycles. The van der Waals surface area contributed by atoms with Gasteiger partial charge in [-0.2, -0.15) is 0 Å². The van der Waals surface area contributed by atoms with Crippen LogP contribution in [0.15, 0.2) is 54.3 Å². The van der Waals surface area contributed by atoms with E-state index in [0.717, 1.165) is 16.7 Å². The Labute approximate surface area is 150 Å². The SMILES string of the molecule is CC1(C)O/C(=C2/C(=O)Nc3cc(F)ccc32)C=C1c1cccc(CO)c1. The van der Waals surface area contributed by atoms with E-state index in [1.807, 2.05) is 44.2 Å². The highest BCUT2D eigenvalue weighted by atomic mass is 19.1. The van der Waals surface area contributed by atoms with Crippen LogP contribution >= 0.6 is 0 Å². The summed E-state index contributed by atoms with van der Waals surface area (Å²) >= 11 is 0. The number of aliphatic hydroxyl groups excluding tert-OH is 1. The molecule has 0 bridgehead atoms. The van der Waals surface area contributed by atoms with Crippen molar-refractivity contribution in [2.75, 3.05) is 5.32 Å². The minimum absolute atomic E-state index is 0.0440. The fraction of sp³-hybridized carbons (Fsp3) is 0.190. The molecule has 0 saturated heterocycles. The van der Waals surface area contributed by atoms with Gasteiger partial charge in [0.15, 0.2) is 0 Å². The second kappa shape index (κ2) is 5.81. The van der Waals surface area contributed by atoms with Gasteiger partial charge < -0.3 is 15.2 Å². The number of allylic oxidation sites excluding steroid dienone is 1. The van der Waals surface area contributed by atoms with Gasteiger partial charge in [0.2, 0.25) is 0 Å². The predicted molar refractivity (Wildman–Crippen MR) is 97.5 cm³/mol. The minimum Gasteiger partial charge on any atom is -0.482 e. The van der Waals surface area contributed by atoms with Crippen LogP contribution in [-0.2, 0) is 16.1 Å². The first-order valence-corrected chi connectivity index (χ1v) is 8.36.